The fourth-order valence-electron chi connectivity index (χ4n) is 3.71. The summed E-state index contributed by atoms with van der Waals surface area (Å²) in [5.41, 5.74) is 4.55. The number of nitrogens with one attached hydrogen (secondary N) is 1. The molecule has 1 aromatic carbocycles. The van der Waals surface area contributed by atoms with E-state index in [1.54, 1.807) is 0 Å². The van der Waals surface area contributed by atoms with Crippen LogP contribution in [0.15, 0.2) is 16.7 Å². The minimum Gasteiger partial charge on any atom is -0.388 e. The molecule has 1 fully saturated rings. The van der Waals surface area contributed by atoms with Crippen molar-refractivity contribution in [2.75, 3.05) is 32.5 Å². The largest absolute Gasteiger partial charge is 0.388 e. The fraction of sp³-hybridized carbons (Fsp3) is 0.632. The summed E-state index contributed by atoms with van der Waals surface area (Å²) in [7, 11) is 4.19. The Morgan fingerprint density at radius 1 is 1.26 bits per heavy atom. The molecule has 0 saturated carbocycles. The molecule has 23 heavy (non-hydrogen) atoms. The predicted molar refractivity (Wildman–Crippen MR) is 96.1 cm³/mol. The molecule has 126 valence electrons. The number of hydrogen-bond acceptors (Lipinski definition) is 4. The second-order valence-corrected chi connectivity index (χ2v) is 6.88. The van der Waals surface area contributed by atoms with Crippen LogP contribution in [0, 0.1) is 5.92 Å². The van der Waals surface area contributed by atoms with Gasteiger partial charge < -0.3 is 14.7 Å². The van der Waals surface area contributed by atoms with Crippen molar-refractivity contribution in [3.8, 4) is 0 Å². The van der Waals surface area contributed by atoms with E-state index in [0.717, 1.165) is 42.1 Å². The maximum absolute atomic E-state index is 5.73. The average molecular weight is 315 g/mol. The summed E-state index contributed by atoms with van der Waals surface area (Å²) in [6, 6.07) is 4.34. The van der Waals surface area contributed by atoms with E-state index in [2.05, 4.69) is 41.5 Å². The molecule has 0 aliphatic carbocycles. The molecule has 1 saturated heterocycles. The number of hydrogen-bond donors (Lipinski definition) is 1. The van der Waals surface area contributed by atoms with E-state index >= 15 is 0 Å². The normalized spacial score (nSPS) is 17.0. The first-order valence-electron chi connectivity index (χ1n) is 8.99. The summed E-state index contributed by atoms with van der Waals surface area (Å²) in [5.74, 6) is 0.838. The number of fused-ring (bicyclic) bond motifs is 1. The Bertz CT molecular complexity index is 641. The molecule has 4 heteroatoms. The van der Waals surface area contributed by atoms with E-state index in [1.807, 2.05) is 7.05 Å². The number of anilines is 1. The monoisotopic (exact) mass is 315 g/mol. The van der Waals surface area contributed by atoms with Gasteiger partial charge in [-0.25, -0.2) is 0 Å². The molecule has 2 heterocycles. The molecule has 2 aromatic rings. The van der Waals surface area contributed by atoms with Crippen molar-refractivity contribution in [3.63, 3.8) is 0 Å². The number of rotatable bonds is 6. The third-order valence-electron chi connectivity index (χ3n) is 5.22. The maximum Gasteiger partial charge on any atom is 0.172 e. The van der Waals surface area contributed by atoms with Gasteiger partial charge in [0.1, 0.15) is 0 Å². The van der Waals surface area contributed by atoms with Gasteiger partial charge in [0.15, 0.2) is 5.58 Å². The van der Waals surface area contributed by atoms with Gasteiger partial charge >= 0.3 is 0 Å². The van der Waals surface area contributed by atoms with Gasteiger partial charge in [-0.15, -0.1) is 0 Å². The first-order valence-corrected chi connectivity index (χ1v) is 8.99. The molecule has 1 N–H and O–H groups in total. The van der Waals surface area contributed by atoms with Crippen LogP contribution in [0.2, 0.25) is 0 Å². The lowest BCUT2D eigenvalue weighted by molar-refractivity contribution is 0.212. The lowest BCUT2D eigenvalue weighted by atomic mass is 9.91. The molecule has 4 nitrogen and oxygen atoms in total. The summed E-state index contributed by atoms with van der Waals surface area (Å²) in [4.78, 5) is 2.43. The summed E-state index contributed by atoms with van der Waals surface area (Å²) in [6.07, 6.45) is 7.03. The van der Waals surface area contributed by atoms with Crippen molar-refractivity contribution in [2.45, 2.75) is 45.4 Å². The molecule has 0 unspecified atom stereocenters. The molecule has 0 atom stereocenters. The van der Waals surface area contributed by atoms with Crippen molar-refractivity contribution in [1.29, 1.82) is 0 Å². The quantitative estimate of drug-likeness (QED) is 0.871. The van der Waals surface area contributed by atoms with Gasteiger partial charge in [0.2, 0.25) is 0 Å². The summed E-state index contributed by atoms with van der Waals surface area (Å²) in [5, 5.41) is 8.89. The van der Waals surface area contributed by atoms with E-state index in [9.17, 15) is 0 Å². The molecular formula is C19H29N3O. The number of likely N-dealkylation sites (tertiary alicyclic amines) is 1. The Kier molecular flexibility index (Phi) is 5.21. The lowest BCUT2D eigenvalue weighted by Crippen LogP contribution is -2.30. The Balaban J connectivity index is 1.75. The third-order valence-corrected chi connectivity index (χ3v) is 5.22. The SMILES string of the molecule is CCCc1c(NC)ccc2c(CCC3CCN(C)CC3)noc12. The highest BCUT2D eigenvalue weighted by Crippen LogP contribution is 2.31. The maximum atomic E-state index is 5.73. The molecular weight excluding hydrogens is 286 g/mol. The highest BCUT2D eigenvalue weighted by atomic mass is 16.5. The van der Waals surface area contributed by atoms with Crippen LogP contribution in [0.1, 0.15) is 43.9 Å². The van der Waals surface area contributed by atoms with Crippen LogP contribution in [0.3, 0.4) is 0 Å². The summed E-state index contributed by atoms with van der Waals surface area (Å²) in [6.45, 7) is 4.67. The average Bonchev–Trinajstić information content (AvgIpc) is 2.98. The van der Waals surface area contributed by atoms with Crippen LogP contribution < -0.4 is 5.32 Å². The van der Waals surface area contributed by atoms with E-state index in [4.69, 9.17) is 4.52 Å². The van der Waals surface area contributed by atoms with Gasteiger partial charge in [0.25, 0.3) is 0 Å². The van der Waals surface area contributed by atoms with Gasteiger partial charge in [0, 0.05) is 23.7 Å². The Labute approximate surface area is 139 Å². The lowest BCUT2D eigenvalue weighted by Gasteiger charge is -2.28. The zero-order chi connectivity index (χ0) is 16.2. The third kappa shape index (κ3) is 3.52. The Morgan fingerprint density at radius 3 is 2.74 bits per heavy atom. The minimum atomic E-state index is 0.838. The Hall–Kier alpha value is -1.55. The molecule has 0 spiro atoms. The Morgan fingerprint density at radius 2 is 2.04 bits per heavy atom. The van der Waals surface area contributed by atoms with Gasteiger partial charge in [-0.2, -0.15) is 0 Å². The van der Waals surface area contributed by atoms with Crippen LogP contribution in [0.5, 0.6) is 0 Å². The van der Waals surface area contributed by atoms with Gasteiger partial charge in [-0.1, -0.05) is 18.5 Å². The number of benzene rings is 1. The van der Waals surface area contributed by atoms with Crippen LogP contribution in [0.25, 0.3) is 11.0 Å². The second kappa shape index (κ2) is 7.35. The molecule has 1 aromatic heterocycles. The first kappa shape index (κ1) is 16.3. The van der Waals surface area contributed by atoms with Gasteiger partial charge in [-0.05, 0) is 70.3 Å². The van der Waals surface area contributed by atoms with E-state index in [0.29, 0.717) is 0 Å². The van der Waals surface area contributed by atoms with Crippen molar-refractivity contribution in [1.82, 2.24) is 10.1 Å². The summed E-state index contributed by atoms with van der Waals surface area (Å²) < 4.78 is 5.73. The molecule has 3 rings (SSSR count). The topological polar surface area (TPSA) is 41.3 Å². The molecule has 1 aliphatic rings. The number of aromatic nitrogens is 1. The van der Waals surface area contributed by atoms with Crippen molar-refractivity contribution in [3.05, 3.63) is 23.4 Å². The first-order chi connectivity index (χ1) is 11.2. The fourth-order valence-corrected chi connectivity index (χ4v) is 3.71. The van der Waals surface area contributed by atoms with Crippen LogP contribution in [-0.4, -0.2) is 37.2 Å². The van der Waals surface area contributed by atoms with Crippen LogP contribution >= 0.6 is 0 Å². The molecule has 1 aliphatic heterocycles. The minimum absolute atomic E-state index is 0.838. The van der Waals surface area contributed by atoms with E-state index in [-0.39, 0.29) is 0 Å². The van der Waals surface area contributed by atoms with Crippen LogP contribution in [-0.2, 0) is 12.8 Å². The van der Waals surface area contributed by atoms with E-state index in [1.165, 1.54) is 43.3 Å². The number of piperidine rings is 1. The predicted octanol–water partition coefficient (Wildman–Crippen LogP) is 4.10. The van der Waals surface area contributed by atoms with E-state index < -0.39 is 0 Å². The second-order valence-electron chi connectivity index (χ2n) is 6.88. The number of nitrogens with zero attached hydrogens (tertiary/aromatic N) is 2. The highest BCUT2D eigenvalue weighted by Gasteiger charge is 2.19. The molecule has 0 radical (unpaired) electrons. The van der Waals surface area contributed by atoms with Gasteiger partial charge in [0.05, 0.1) is 5.69 Å². The standard InChI is InChI=1S/C19H29N3O/c1-4-5-15-17(20-2)9-7-16-18(21-23-19(15)16)8-6-14-10-12-22(3)13-11-14/h7,9,14,20H,4-6,8,10-13H2,1-3H3. The van der Waals surface area contributed by atoms with Gasteiger partial charge in [-0.3, -0.25) is 0 Å². The van der Waals surface area contributed by atoms with Crippen molar-refractivity contribution < 1.29 is 4.52 Å². The highest BCUT2D eigenvalue weighted by molar-refractivity contribution is 5.87. The van der Waals surface area contributed by atoms with Crippen molar-refractivity contribution in [2.24, 2.45) is 5.92 Å². The zero-order valence-electron chi connectivity index (χ0n) is 14.7. The van der Waals surface area contributed by atoms with Crippen molar-refractivity contribution >= 4 is 16.7 Å². The number of aryl methyl sites for hydroxylation is 2. The molecule has 0 amide bonds. The summed E-state index contributed by atoms with van der Waals surface area (Å²) >= 11 is 0. The molecule has 0 bridgehead atoms. The smallest absolute Gasteiger partial charge is 0.172 e. The zero-order valence-corrected chi connectivity index (χ0v) is 14.7. The van der Waals surface area contributed by atoms with Crippen LogP contribution in [0.4, 0.5) is 5.69 Å².